The highest BCUT2D eigenvalue weighted by atomic mass is 32.1. The molecule has 1 unspecified atom stereocenters. The van der Waals surface area contributed by atoms with E-state index in [-0.39, 0.29) is 18.1 Å². The molecule has 0 saturated carbocycles. The van der Waals surface area contributed by atoms with E-state index < -0.39 is 5.82 Å². The van der Waals surface area contributed by atoms with Crippen LogP contribution in [-0.2, 0) is 17.9 Å². The summed E-state index contributed by atoms with van der Waals surface area (Å²) in [6, 6.07) is 3.59. The van der Waals surface area contributed by atoms with E-state index in [4.69, 9.17) is 4.98 Å². The summed E-state index contributed by atoms with van der Waals surface area (Å²) in [5.74, 6) is 0.544. The molecule has 11 nitrogen and oxygen atoms in total. The van der Waals surface area contributed by atoms with Crippen molar-refractivity contribution in [2.45, 2.75) is 39.8 Å². The van der Waals surface area contributed by atoms with E-state index in [0.717, 1.165) is 40.1 Å². The maximum absolute atomic E-state index is 13.9. The molecule has 1 fully saturated rings. The number of nitrogens with zero attached hydrogens (tertiary/aromatic N) is 5. The summed E-state index contributed by atoms with van der Waals surface area (Å²) >= 11 is 1.44. The van der Waals surface area contributed by atoms with Crippen LogP contribution in [0, 0.1) is 18.7 Å². The minimum atomic E-state index is -0.528. The van der Waals surface area contributed by atoms with Gasteiger partial charge in [0.15, 0.2) is 17.7 Å². The third kappa shape index (κ3) is 5.70. The van der Waals surface area contributed by atoms with Gasteiger partial charge in [0.1, 0.15) is 17.2 Å². The zero-order valence-corrected chi connectivity index (χ0v) is 23.2. The Morgan fingerprint density at radius 3 is 3.17 bits per heavy atom. The van der Waals surface area contributed by atoms with E-state index in [1.807, 2.05) is 23.7 Å². The maximum atomic E-state index is 13.9. The van der Waals surface area contributed by atoms with Crippen LogP contribution in [0.1, 0.15) is 31.2 Å². The topological polar surface area (TPSA) is 122 Å². The second kappa shape index (κ2) is 11.1. The Morgan fingerprint density at radius 2 is 2.33 bits per heavy atom. The van der Waals surface area contributed by atoms with Crippen molar-refractivity contribution < 1.29 is 23.8 Å². The summed E-state index contributed by atoms with van der Waals surface area (Å²) in [4.78, 5) is 26.1. The first kappa shape index (κ1) is 26.0. The molecule has 0 radical (unpaired) electrons. The number of hydrogen-bond donors (Lipinski definition) is 4. The van der Waals surface area contributed by atoms with Gasteiger partial charge in [0.2, 0.25) is 24.8 Å². The predicted molar refractivity (Wildman–Crippen MR) is 147 cm³/mol. The van der Waals surface area contributed by atoms with Crippen molar-refractivity contribution in [2.24, 2.45) is 5.92 Å². The van der Waals surface area contributed by atoms with E-state index in [0.29, 0.717) is 11.5 Å². The molecule has 0 aromatic carbocycles. The molecular weight excluding hydrogens is 531 g/mol. The number of rotatable bonds is 8. The number of aryl methyl sites for hydroxylation is 1. The van der Waals surface area contributed by atoms with Crippen molar-refractivity contribution in [2.75, 3.05) is 23.7 Å². The van der Waals surface area contributed by atoms with Gasteiger partial charge in [-0.3, -0.25) is 9.20 Å². The van der Waals surface area contributed by atoms with Gasteiger partial charge in [-0.05, 0) is 31.3 Å². The molecule has 0 aliphatic carbocycles. The molecular formula is C27H32FN10OS+3. The standard InChI is InChI=1S/C27H29FN10OS/c1-17-4-3-7-36(12-17)15-20-8-25(40-35-20)34-26-27-30-11-23(38(27)13-18(2)32-26)19-9-31-37(14-19)16-24(39)33-22-5-6-29-10-21(22)28/h5-6,8-11,13-14,17H,3-4,7,12,15-16H2,1-2H3,(H2,29,32,33,34,35,39)/p+3/t17-/m1/s1. The monoisotopic (exact) mass is 563 g/mol. The number of carbonyl (C=O) groups excluding carboxylic acids is 1. The third-order valence-electron chi connectivity index (χ3n) is 7.09. The summed E-state index contributed by atoms with van der Waals surface area (Å²) in [7, 11) is 0. The van der Waals surface area contributed by atoms with Crippen molar-refractivity contribution in [1.29, 1.82) is 0 Å². The number of hydrogen-bond acceptors (Lipinski definition) is 6. The maximum Gasteiger partial charge on any atom is 0.292 e. The molecule has 1 aliphatic rings. The first-order chi connectivity index (χ1) is 19.4. The lowest BCUT2D eigenvalue weighted by Gasteiger charge is -2.27. The van der Waals surface area contributed by atoms with Crippen molar-refractivity contribution in [3.63, 3.8) is 0 Å². The highest BCUT2D eigenvalue weighted by molar-refractivity contribution is 7.10. The molecule has 5 aromatic heterocycles. The van der Waals surface area contributed by atoms with Crippen LogP contribution in [0.5, 0.6) is 0 Å². The van der Waals surface area contributed by atoms with E-state index in [9.17, 15) is 9.18 Å². The number of nitrogens with one attached hydrogen (secondary N) is 5. The number of quaternary nitrogens is 1. The van der Waals surface area contributed by atoms with E-state index in [2.05, 4.69) is 43.1 Å². The summed E-state index contributed by atoms with van der Waals surface area (Å²) in [6.07, 6.45) is 12.7. The molecule has 6 heterocycles. The van der Waals surface area contributed by atoms with Crippen LogP contribution in [-0.4, -0.2) is 42.8 Å². The average Bonchev–Trinajstić information content (AvgIpc) is 3.66. The zero-order chi connectivity index (χ0) is 27.6. The highest BCUT2D eigenvalue weighted by Gasteiger charge is 2.22. The van der Waals surface area contributed by atoms with Crippen molar-refractivity contribution in [3.8, 4) is 11.3 Å². The minimum Gasteiger partial charge on any atom is -0.330 e. The molecule has 206 valence electrons. The Labute approximate surface area is 234 Å². The summed E-state index contributed by atoms with van der Waals surface area (Å²) in [5.41, 5.74) is 4.42. The van der Waals surface area contributed by atoms with Gasteiger partial charge in [-0.2, -0.15) is 13.9 Å². The Bertz CT molecular complexity index is 1660. The number of anilines is 3. The van der Waals surface area contributed by atoms with Gasteiger partial charge in [0.25, 0.3) is 5.91 Å². The fourth-order valence-electron chi connectivity index (χ4n) is 5.27. The molecule has 0 spiro atoms. The highest BCUT2D eigenvalue weighted by Crippen LogP contribution is 2.27. The van der Waals surface area contributed by atoms with Crippen LogP contribution < -0.4 is 25.2 Å². The van der Waals surface area contributed by atoms with Crippen LogP contribution in [0.3, 0.4) is 0 Å². The molecule has 1 saturated heterocycles. The Balaban J connectivity index is 1.17. The molecule has 0 bridgehead atoms. The van der Waals surface area contributed by atoms with Gasteiger partial charge >= 0.3 is 0 Å². The fraction of sp³-hybridized carbons (Fsp3) is 0.333. The van der Waals surface area contributed by atoms with Gasteiger partial charge < -0.3 is 15.5 Å². The number of carbonyl (C=O) groups is 1. The molecule has 6 rings (SSSR count). The number of halogens is 1. The average molecular weight is 564 g/mol. The number of piperidine rings is 1. The number of imidazole rings is 1. The Morgan fingerprint density at radius 1 is 1.43 bits per heavy atom. The minimum absolute atomic E-state index is 0.00601. The number of aromatic nitrogens is 7. The summed E-state index contributed by atoms with van der Waals surface area (Å²) in [6.45, 7) is 7.61. The van der Waals surface area contributed by atoms with Crippen molar-refractivity contribution in [1.82, 2.24) is 23.8 Å². The molecule has 5 N–H and O–H groups in total. The van der Waals surface area contributed by atoms with Crippen LogP contribution in [0.2, 0.25) is 0 Å². The van der Waals surface area contributed by atoms with Crippen LogP contribution in [0.25, 0.3) is 16.9 Å². The van der Waals surface area contributed by atoms with Gasteiger partial charge in [0.05, 0.1) is 48.1 Å². The molecule has 1 amide bonds. The van der Waals surface area contributed by atoms with Gasteiger partial charge in [-0.1, -0.05) is 6.92 Å². The Kier molecular flexibility index (Phi) is 7.22. The third-order valence-corrected chi connectivity index (χ3v) is 7.83. The van der Waals surface area contributed by atoms with Crippen LogP contribution >= 0.6 is 11.5 Å². The zero-order valence-electron chi connectivity index (χ0n) is 22.4. The smallest absolute Gasteiger partial charge is 0.292 e. The van der Waals surface area contributed by atoms with E-state index >= 15 is 0 Å². The SMILES string of the molecule is Cc1cn2c(-c3c[nH][n+](CC(=O)Nc4cc[nH+]cc4F)c3)cnc2c(Nc2cc(C[NH+]3CCC[C@@H](C)C3)ns2)n1. The lowest BCUT2D eigenvalue weighted by molar-refractivity contribution is -0.922. The summed E-state index contributed by atoms with van der Waals surface area (Å²) < 4.78 is 22.2. The molecule has 13 heteroatoms. The van der Waals surface area contributed by atoms with Gasteiger partial charge in [-0.25, -0.2) is 15.0 Å². The second-order valence-electron chi connectivity index (χ2n) is 10.4. The number of likely N-dealkylation sites (tertiary alicyclic amines) is 1. The molecule has 2 atom stereocenters. The Hall–Kier alpha value is -4.23. The second-order valence-corrected chi connectivity index (χ2v) is 11.2. The van der Waals surface area contributed by atoms with Crippen molar-refractivity contribution >= 4 is 39.6 Å². The number of aromatic amines is 2. The molecule has 5 aromatic rings. The number of fused-ring (bicyclic) bond motifs is 1. The number of amides is 1. The van der Waals surface area contributed by atoms with Crippen LogP contribution in [0.4, 0.5) is 20.9 Å². The van der Waals surface area contributed by atoms with E-state index in [1.54, 1.807) is 28.2 Å². The van der Waals surface area contributed by atoms with E-state index in [1.165, 1.54) is 49.7 Å². The van der Waals surface area contributed by atoms with Crippen LogP contribution in [0.15, 0.2) is 49.3 Å². The van der Waals surface area contributed by atoms with Gasteiger partial charge in [-0.15, -0.1) is 4.68 Å². The number of H-pyrrole nitrogens is 2. The lowest BCUT2D eigenvalue weighted by atomic mass is 10.0. The van der Waals surface area contributed by atoms with Gasteiger partial charge in [0, 0.05) is 24.2 Å². The number of pyridine rings is 1. The first-order valence-corrected chi connectivity index (χ1v) is 14.1. The normalized spacial score (nSPS) is 17.3. The molecule has 1 aliphatic heterocycles. The predicted octanol–water partition coefficient (Wildman–Crippen LogP) is 1.93. The largest absolute Gasteiger partial charge is 0.330 e. The quantitative estimate of drug-likeness (QED) is 0.215. The van der Waals surface area contributed by atoms with Crippen molar-refractivity contribution in [3.05, 3.63) is 66.5 Å². The summed E-state index contributed by atoms with van der Waals surface area (Å²) in [5, 5.41) is 10.0. The molecule has 40 heavy (non-hydrogen) atoms. The first-order valence-electron chi connectivity index (χ1n) is 13.4. The lowest BCUT2D eigenvalue weighted by Crippen LogP contribution is -3.12. The fourth-order valence-corrected chi connectivity index (χ4v) is 5.94.